The molecule has 7 rings (SSSR count). The van der Waals surface area contributed by atoms with Gasteiger partial charge in [0.25, 0.3) is 5.91 Å². The molecule has 0 unspecified atom stereocenters. The number of carbonyl (C=O) groups is 4. The van der Waals surface area contributed by atoms with Crippen molar-refractivity contribution in [2.75, 3.05) is 26.3 Å². The lowest BCUT2D eigenvalue weighted by atomic mass is 9.74. The number of esters is 1. The molecule has 3 aromatic rings. The number of cyclic esters (lactones) is 1. The van der Waals surface area contributed by atoms with Gasteiger partial charge in [0, 0.05) is 26.1 Å². The maximum atomic E-state index is 14.8. The normalized spacial score (nSPS) is 29.7. The number of hydrogen-bond donors (Lipinski definition) is 2. The summed E-state index contributed by atoms with van der Waals surface area (Å²) in [7, 11) is 0. The highest BCUT2D eigenvalue weighted by atomic mass is 16.5. The van der Waals surface area contributed by atoms with Gasteiger partial charge in [-0.25, -0.2) is 4.68 Å². The average molecular weight is 655 g/mol. The summed E-state index contributed by atoms with van der Waals surface area (Å²) in [5.41, 5.74) is 0.794. The molecule has 250 valence electrons. The van der Waals surface area contributed by atoms with Crippen LogP contribution in [0.5, 0.6) is 0 Å². The molecule has 48 heavy (non-hydrogen) atoms. The number of fused-ring (bicyclic) bond motifs is 3. The van der Waals surface area contributed by atoms with Gasteiger partial charge >= 0.3 is 5.97 Å². The van der Waals surface area contributed by atoms with E-state index in [9.17, 15) is 24.3 Å². The summed E-state index contributed by atoms with van der Waals surface area (Å²) in [6, 6.07) is 14.9. The monoisotopic (exact) mass is 654 g/mol. The van der Waals surface area contributed by atoms with Crippen molar-refractivity contribution >= 4 is 34.7 Å². The zero-order chi connectivity index (χ0) is 33.3. The number of ether oxygens (including phenoxy) is 2. The molecule has 5 heterocycles. The van der Waals surface area contributed by atoms with Gasteiger partial charge in [0.15, 0.2) is 0 Å². The molecule has 13 nitrogen and oxygen atoms in total. The predicted molar refractivity (Wildman–Crippen MR) is 171 cm³/mol. The number of aliphatic hydroxyl groups excluding tert-OH is 1. The Kier molecular flexibility index (Phi) is 8.80. The number of unbranched alkanes of at least 4 members (excludes halogenated alkanes) is 1. The fourth-order valence-electron chi connectivity index (χ4n) is 7.40. The Labute approximate surface area is 277 Å². The van der Waals surface area contributed by atoms with Crippen LogP contribution in [0.2, 0.25) is 0 Å². The molecule has 2 fully saturated rings. The zero-order valence-corrected chi connectivity index (χ0v) is 26.4. The number of nitrogens with zero attached hydrogens (tertiary/aromatic N) is 5. The Morgan fingerprint density at radius 2 is 1.79 bits per heavy atom. The minimum absolute atomic E-state index is 0.0391. The molecule has 4 aliphatic rings. The summed E-state index contributed by atoms with van der Waals surface area (Å²) in [6.45, 7) is 0.274. The quantitative estimate of drug-likeness (QED) is 0.221. The van der Waals surface area contributed by atoms with Gasteiger partial charge in [0.2, 0.25) is 11.8 Å². The molecule has 13 heteroatoms. The molecule has 3 amide bonds. The van der Waals surface area contributed by atoms with E-state index in [2.05, 4.69) is 15.6 Å². The Bertz CT molecular complexity index is 1760. The largest absolute Gasteiger partial charge is 0.463 e. The molecule has 4 aliphatic heterocycles. The third kappa shape index (κ3) is 5.66. The highest BCUT2D eigenvalue weighted by Crippen LogP contribution is 2.55. The van der Waals surface area contributed by atoms with Gasteiger partial charge in [-0.2, -0.15) is 0 Å². The van der Waals surface area contributed by atoms with E-state index < -0.39 is 47.5 Å². The lowest BCUT2D eigenvalue weighted by molar-refractivity contribution is -0.148. The second-order valence-corrected chi connectivity index (χ2v) is 12.6. The molecule has 0 radical (unpaired) electrons. The number of para-hydroxylation sites is 1. The van der Waals surface area contributed by atoms with Crippen LogP contribution in [-0.2, 0) is 35.3 Å². The van der Waals surface area contributed by atoms with Gasteiger partial charge in [-0.1, -0.05) is 72.0 Å². The molecular weight excluding hydrogens is 616 g/mol. The molecule has 0 saturated carbocycles. The number of carbonyl (C=O) groups excluding carboxylic acids is 4. The zero-order valence-electron chi connectivity index (χ0n) is 26.4. The van der Waals surface area contributed by atoms with Crippen molar-refractivity contribution in [1.82, 2.24) is 30.1 Å². The van der Waals surface area contributed by atoms with E-state index in [0.717, 1.165) is 11.1 Å². The predicted octanol–water partition coefficient (Wildman–Crippen LogP) is 1.89. The highest BCUT2D eigenvalue weighted by Gasteiger charge is 2.73. The summed E-state index contributed by atoms with van der Waals surface area (Å²) in [5, 5.41) is 21.1. The Balaban J connectivity index is 1.28. The number of aromatic nitrogens is 3. The van der Waals surface area contributed by atoms with E-state index >= 15 is 0 Å². The van der Waals surface area contributed by atoms with Crippen molar-refractivity contribution in [3.63, 3.8) is 0 Å². The number of allylic oxidation sites excluding steroid dienone is 1. The van der Waals surface area contributed by atoms with Crippen LogP contribution in [-0.4, -0.2) is 97.6 Å². The molecule has 2 N–H and O–H groups in total. The van der Waals surface area contributed by atoms with Crippen LogP contribution >= 0.6 is 0 Å². The maximum absolute atomic E-state index is 14.8. The fraction of sp³-hybridized carbons (Fsp3) is 0.429. The van der Waals surface area contributed by atoms with E-state index in [1.54, 1.807) is 21.7 Å². The second kappa shape index (κ2) is 13.3. The van der Waals surface area contributed by atoms with Crippen molar-refractivity contribution in [3.05, 3.63) is 84.5 Å². The van der Waals surface area contributed by atoms with Crippen LogP contribution in [0.4, 0.5) is 0 Å². The van der Waals surface area contributed by atoms with Gasteiger partial charge in [-0.05, 0) is 37.0 Å². The minimum Gasteiger partial charge on any atom is -0.463 e. The number of rotatable bonds is 7. The molecule has 2 saturated heterocycles. The van der Waals surface area contributed by atoms with Crippen molar-refractivity contribution in [2.24, 2.45) is 11.8 Å². The lowest BCUT2D eigenvalue weighted by Crippen LogP contribution is -2.56. The highest BCUT2D eigenvalue weighted by molar-refractivity contribution is 6.00. The molecule has 6 atom stereocenters. The van der Waals surface area contributed by atoms with E-state index in [1.807, 2.05) is 66.7 Å². The Hall–Kier alpha value is -4.88. The topological polar surface area (TPSA) is 156 Å². The number of hydrogen-bond acceptors (Lipinski definition) is 9. The van der Waals surface area contributed by atoms with Crippen molar-refractivity contribution in [1.29, 1.82) is 0 Å². The van der Waals surface area contributed by atoms with Gasteiger partial charge in [-0.15, -0.1) is 5.10 Å². The van der Waals surface area contributed by atoms with Crippen LogP contribution in [0, 0.1) is 11.8 Å². The Morgan fingerprint density at radius 1 is 0.979 bits per heavy atom. The standard InChI is InChI=1S/C35H38N6O7/c42-20-10-9-19-40-31-34(46)39(22-41-26-14-7-6-13-24(26)37-38-41)18-8-2-5-15-28(43)47-21-25(23-11-3-1-4-12-23)36-32(44)29-27-16-17-35(31,48-27)30(29)33(40)45/h1-4,6-8,11-14,16-17,25,27,29-31,42H,5,9-10,15,18-22H2,(H,36,44)/b8-2-/t25-,27-,29+,30+,31-,35+/m1/s1. The van der Waals surface area contributed by atoms with Crippen LogP contribution in [0.3, 0.4) is 0 Å². The first kappa shape index (κ1) is 31.7. The smallest absolute Gasteiger partial charge is 0.306 e. The number of amides is 3. The SMILES string of the molecule is O=C1CC/C=C\CN(Cn2nnc3ccccc32)C(=O)[C@H]2N(CCCCO)C(=O)[C@@H]3[C@@H](C(=O)N[C@@H](c4ccccc4)CO1)[C@H]1C=C[C@]32O1. The van der Waals surface area contributed by atoms with Crippen molar-refractivity contribution in [3.8, 4) is 0 Å². The first-order valence-electron chi connectivity index (χ1n) is 16.4. The third-order valence-electron chi connectivity index (χ3n) is 9.69. The summed E-state index contributed by atoms with van der Waals surface area (Å²) in [4.78, 5) is 59.2. The summed E-state index contributed by atoms with van der Waals surface area (Å²) >= 11 is 0. The molecule has 5 bridgehead atoms. The van der Waals surface area contributed by atoms with E-state index in [4.69, 9.17) is 9.47 Å². The second-order valence-electron chi connectivity index (χ2n) is 12.6. The molecular formula is C35H38N6O7. The van der Waals surface area contributed by atoms with Crippen molar-refractivity contribution < 1.29 is 33.8 Å². The van der Waals surface area contributed by atoms with E-state index in [0.29, 0.717) is 24.8 Å². The summed E-state index contributed by atoms with van der Waals surface area (Å²) in [5.74, 6) is -3.41. The Morgan fingerprint density at radius 3 is 2.62 bits per heavy atom. The van der Waals surface area contributed by atoms with Gasteiger partial charge in [-0.3, -0.25) is 19.2 Å². The molecule has 2 aromatic carbocycles. The third-order valence-corrected chi connectivity index (χ3v) is 9.69. The lowest BCUT2D eigenvalue weighted by Gasteiger charge is -2.35. The number of likely N-dealkylation sites (tertiary alicyclic amines) is 1. The number of benzene rings is 2. The van der Waals surface area contributed by atoms with Gasteiger partial charge < -0.3 is 29.7 Å². The van der Waals surface area contributed by atoms with E-state index in [1.165, 1.54) is 4.90 Å². The number of nitrogens with one attached hydrogen (secondary N) is 1. The molecule has 1 spiro atoms. The first-order chi connectivity index (χ1) is 23.4. The fourth-order valence-corrected chi connectivity index (χ4v) is 7.40. The van der Waals surface area contributed by atoms with Crippen LogP contribution in [0.1, 0.15) is 37.3 Å². The average Bonchev–Trinajstić information content (AvgIpc) is 3.85. The van der Waals surface area contributed by atoms with Gasteiger partial charge in [0.05, 0.1) is 29.5 Å². The van der Waals surface area contributed by atoms with Crippen molar-refractivity contribution in [2.45, 2.75) is 56.1 Å². The first-order valence-corrected chi connectivity index (χ1v) is 16.4. The molecule has 1 aromatic heterocycles. The summed E-state index contributed by atoms with van der Waals surface area (Å²) < 4.78 is 13.8. The van der Waals surface area contributed by atoms with E-state index in [-0.39, 0.29) is 51.2 Å². The number of aliphatic hydroxyl groups is 1. The minimum atomic E-state index is -1.37. The summed E-state index contributed by atoms with van der Waals surface area (Å²) in [6.07, 6.45) is 7.88. The van der Waals surface area contributed by atoms with Crippen LogP contribution in [0.15, 0.2) is 78.9 Å². The maximum Gasteiger partial charge on any atom is 0.306 e. The van der Waals surface area contributed by atoms with Crippen LogP contribution < -0.4 is 5.32 Å². The van der Waals surface area contributed by atoms with Crippen LogP contribution in [0.25, 0.3) is 11.0 Å². The van der Waals surface area contributed by atoms with Gasteiger partial charge in [0.1, 0.15) is 30.4 Å². The molecule has 0 aliphatic carbocycles.